The first-order valence-electron chi connectivity index (χ1n) is 14.4. The predicted octanol–water partition coefficient (Wildman–Crippen LogP) is 3.25. The van der Waals surface area contributed by atoms with E-state index in [0.717, 1.165) is 23.3 Å². The van der Waals surface area contributed by atoms with E-state index >= 15 is 0 Å². The third-order valence-electron chi connectivity index (χ3n) is 6.61. The summed E-state index contributed by atoms with van der Waals surface area (Å²) in [5.74, 6) is -1.02. The largest absolute Gasteiger partial charge is 0.490 e. The molecule has 2 heterocycles. The highest BCUT2D eigenvalue weighted by molar-refractivity contribution is 5.88. The summed E-state index contributed by atoms with van der Waals surface area (Å²) in [5, 5.41) is 0. The number of esters is 4. The minimum atomic E-state index is -0.651. The molecule has 46 heavy (non-hydrogen) atoms. The molecule has 12 heteroatoms. The lowest BCUT2D eigenvalue weighted by Crippen LogP contribution is -2.35. The Kier molecular flexibility index (Phi) is 12.7. The number of hydrogen-bond acceptors (Lipinski definition) is 12. The second-order valence-electron chi connectivity index (χ2n) is 9.79. The van der Waals surface area contributed by atoms with Crippen molar-refractivity contribution in [2.45, 2.75) is 24.4 Å². The minimum absolute atomic E-state index is 0.0998. The van der Waals surface area contributed by atoms with Gasteiger partial charge in [-0.1, -0.05) is 37.4 Å². The first-order valence-corrected chi connectivity index (χ1v) is 14.4. The molecule has 2 fully saturated rings. The summed E-state index contributed by atoms with van der Waals surface area (Å²) in [7, 11) is 0. The molecule has 0 aliphatic carbocycles. The summed E-state index contributed by atoms with van der Waals surface area (Å²) in [6, 6.07) is 13.9. The van der Waals surface area contributed by atoms with Gasteiger partial charge in [-0.15, -0.1) is 0 Å². The van der Waals surface area contributed by atoms with Crippen LogP contribution in [0.2, 0.25) is 0 Å². The maximum atomic E-state index is 12.5. The predicted molar refractivity (Wildman–Crippen MR) is 163 cm³/mol. The molecule has 0 saturated carbocycles. The van der Waals surface area contributed by atoms with E-state index in [0.29, 0.717) is 11.5 Å². The van der Waals surface area contributed by atoms with Crippen molar-refractivity contribution in [3.8, 4) is 11.5 Å². The van der Waals surface area contributed by atoms with Gasteiger partial charge < -0.3 is 37.9 Å². The van der Waals surface area contributed by atoms with E-state index in [2.05, 4.69) is 13.2 Å². The van der Waals surface area contributed by atoms with Crippen LogP contribution in [0.25, 0.3) is 12.2 Å². The molecule has 2 aromatic carbocycles. The van der Waals surface area contributed by atoms with Gasteiger partial charge in [0.1, 0.15) is 50.1 Å². The van der Waals surface area contributed by atoms with Crippen molar-refractivity contribution < 1.29 is 57.1 Å². The molecular weight excluding hydrogens is 600 g/mol. The topological polar surface area (TPSA) is 142 Å². The summed E-state index contributed by atoms with van der Waals surface area (Å²) in [6.45, 7) is 7.44. The summed E-state index contributed by atoms with van der Waals surface area (Å²) in [4.78, 5) is 47.0. The van der Waals surface area contributed by atoms with Gasteiger partial charge in [0.15, 0.2) is 12.2 Å². The molecule has 12 nitrogen and oxygen atoms in total. The zero-order valence-corrected chi connectivity index (χ0v) is 24.9. The highest BCUT2D eigenvalue weighted by Gasteiger charge is 2.51. The van der Waals surface area contributed by atoms with Crippen molar-refractivity contribution in [3.05, 3.63) is 97.1 Å². The van der Waals surface area contributed by atoms with E-state index in [1.54, 1.807) is 60.7 Å². The number of hydrogen-bond donors (Lipinski definition) is 0. The van der Waals surface area contributed by atoms with Gasteiger partial charge in [0.2, 0.25) is 0 Å². The van der Waals surface area contributed by atoms with E-state index in [1.807, 2.05) is 0 Å². The highest BCUT2D eigenvalue weighted by Crippen LogP contribution is 2.31. The molecule has 2 saturated heterocycles. The summed E-state index contributed by atoms with van der Waals surface area (Å²) < 4.78 is 43.3. The van der Waals surface area contributed by atoms with Crippen molar-refractivity contribution in [1.82, 2.24) is 0 Å². The molecule has 0 aromatic heterocycles. The molecule has 2 aliphatic heterocycles. The molecule has 4 rings (SSSR count). The van der Waals surface area contributed by atoms with Gasteiger partial charge in [0.25, 0.3) is 0 Å². The van der Waals surface area contributed by atoms with Crippen LogP contribution in [-0.2, 0) is 47.6 Å². The van der Waals surface area contributed by atoms with Crippen LogP contribution >= 0.6 is 0 Å². The van der Waals surface area contributed by atoms with Crippen molar-refractivity contribution in [2.75, 3.05) is 39.6 Å². The maximum Gasteiger partial charge on any atom is 0.331 e. The number of fused-ring (bicyclic) bond motifs is 1. The molecule has 4 atom stereocenters. The van der Waals surface area contributed by atoms with Gasteiger partial charge in [0.05, 0.1) is 13.2 Å². The van der Waals surface area contributed by atoms with Crippen LogP contribution < -0.4 is 9.47 Å². The zero-order valence-electron chi connectivity index (χ0n) is 24.9. The van der Waals surface area contributed by atoms with Crippen LogP contribution in [-0.4, -0.2) is 87.9 Å². The second-order valence-corrected chi connectivity index (χ2v) is 9.79. The first kappa shape index (κ1) is 33.7. The monoisotopic (exact) mass is 634 g/mol. The van der Waals surface area contributed by atoms with Crippen LogP contribution in [0.1, 0.15) is 11.1 Å². The lowest BCUT2D eigenvalue weighted by molar-refractivity contribution is -0.149. The van der Waals surface area contributed by atoms with Crippen LogP contribution in [0.3, 0.4) is 0 Å². The molecule has 0 radical (unpaired) electrons. The van der Waals surface area contributed by atoms with E-state index in [9.17, 15) is 19.2 Å². The number of rotatable bonds is 16. The molecule has 0 N–H and O–H groups in total. The van der Waals surface area contributed by atoms with Crippen molar-refractivity contribution >= 4 is 36.0 Å². The summed E-state index contributed by atoms with van der Waals surface area (Å²) in [5.41, 5.74) is 1.49. The Hall–Kier alpha value is -5.20. The van der Waals surface area contributed by atoms with Gasteiger partial charge in [-0.05, 0) is 47.5 Å². The SMILES string of the molecule is C=CC(=O)OCCOc1ccc(/C=C/C(=O)O[C@H]2CO[C@H]3[C@@H]2OC[C@H]3OC(=O)/C=C/c2ccc(OCCOC(=O)C=C)cc2)cc1. The molecule has 2 aromatic rings. The van der Waals surface area contributed by atoms with Crippen LogP contribution in [0.4, 0.5) is 0 Å². The van der Waals surface area contributed by atoms with Crippen LogP contribution in [0.5, 0.6) is 11.5 Å². The van der Waals surface area contributed by atoms with E-state index < -0.39 is 48.3 Å². The lowest BCUT2D eigenvalue weighted by Gasteiger charge is -2.16. The third kappa shape index (κ3) is 10.5. The molecule has 2 aliphatic rings. The maximum absolute atomic E-state index is 12.5. The van der Waals surface area contributed by atoms with Gasteiger partial charge in [-0.3, -0.25) is 0 Å². The zero-order chi connectivity index (χ0) is 32.7. The smallest absolute Gasteiger partial charge is 0.331 e. The van der Waals surface area contributed by atoms with E-state index in [-0.39, 0.29) is 39.6 Å². The van der Waals surface area contributed by atoms with E-state index in [1.165, 1.54) is 12.2 Å². The Bertz CT molecular complexity index is 1320. The normalized spacial score (nSPS) is 20.1. The third-order valence-corrected chi connectivity index (χ3v) is 6.61. The fourth-order valence-electron chi connectivity index (χ4n) is 4.41. The Balaban J connectivity index is 1.16. The molecule has 0 spiro atoms. The van der Waals surface area contributed by atoms with Gasteiger partial charge in [-0.25, -0.2) is 19.2 Å². The van der Waals surface area contributed by atoms with Crippen molar-refractivity contribution in [1.29, 1.82) is 0 Å². The standard InChI is InChI=1S/C34H34O12/c1-3-29(35)41-19-17-39-25-11-5-23(6-12-25)9-15-31(37)45-27-21-43-34-28(22-44-33(27)34)46-32(38)16-10-24-7-13-26(14-8-24)40-18-20-42-30(36)4-2/h3-16,27-28,33-34H,1-2,17-22H2/b15-9+,16-10+/t27-,28+,33-,34-/m1/s1. The average Bonchev–Trinajstić information content (AvgIpc) is 3.66. The Morgan fingerprint density at radius 1 is 0.609 bits per heavy atom. The van der Waals surface area contributed by atoms with Crippen LogP contribution in [0.15, 0.2) is 86.0 Å². The molecular formula is C34H34O12. The Labute approximate surface area is 265 Å². The number of ether oxygens (including phenoxy) is 8. The summed E-state index contributed by atoms with van der Waals surface area (Å²) >= 11 is 0. The molecule has 242 valence electrons. The average molecular weight is 635 g/mol. The van der Waals surface area contributed by atoms with Gasteiger partial charge in [0, 0.05) is 24.3 Å². The number of benzene rings is 2. The van der Waals surface area contributed by atoms with Gasteiger partial charge in [-0.2, -0.15) is 0 Å². The van der Waals surface area contributed by atoms with E-state index in [4.69, 9.17) is 37.9 Å². The number of carbonyl (C=O) groups is 4. The van der Waals surface area contributed by atoms with Gasteiger partial charge >= 0.3 is 23.9 Å². The molecule has 0 amide bonds. The fourth-order valence-corrected chi connectivity index (χ4v) is 4.41. The minimum Gasteiger partial charge on any atom is -0.490 e. The highest BCUT2D eigenvalue weighted by atomic mass is 16.7. The quantitative estimate of drug-likeness (QED) is 0.116. The number of carbonyl (C=O) groups excluding carboxylic acids is 4. The lowest BCUT2D eigenvalue weighted by atomic mass is 10.1. The first-order chi connectivity index (χ1) is 22.3. The Morgan fingerprint density at radius 3 is 1.37 bits per heavy atom. The fraction of sp³-hybridized carbons (Fsp3) is 0.294. The molecule has 0 bridgehead atoms. The van der Waals surface area contributed by atoms with Crippen molar-refractivity contribution in [2.24, 2.45) is 0 Å². The Morgan fingerprint density at radius 2 is 1.00 bits per heavy atom. The van der Waals surface area contributed by atoms with Crippen LogP contribution in [0, 0.1) is 0 Å². The molecule has 0 unspecified atom stereocenters. The van der Waals surface area contributed by atoms with Crippen molar-refractivity contribution in [3.63, 3.8) is 0 Å². The summed E-state index contributed by atoms with van der Waals surface area (Å²) in [6.07, 6.45) is 5.54. The second kappa shape index (κ2) is 17.3.